The molecule has 9 nitrogen and oxygen atoms in total. The Kier molecular flexibility index (Phi) is 9.32. The first-order valence-electron chi connectivity index (χ1n) is 12.0. The average Bonchev–Trinajstić information content (AvgIpc) is 2.87. The van der Waals surface area contributed by atoms with Gasteiger partial charge in [-0.15, -0.1) is 0 Å². The van der Waals surface area contributed by atoms with E-state index in [0.29, 0.717) is 34.8 Å². The number of nitrogens with one attached hydrogen (secondary N) is 3. The molecule has 0 unspecified atom stereocenters. The van der Waals surface area contributed by atoms with Crippen molar-refractivity contribution in [1.29, 1.82) is 0 Å². The normalized spacial score (nSPS) is 15.9. The maximum absolute atomic E-state index is 12.8. The third-order valence-corrected chi connectivity index (χ3v) is 5.71. The van der Waals surface area contributed by atoms with Gasteiger partial charge in [0.25, 0.3) is 5.91 Å². The summed E-state index contributed by atoms with van der Waals surface area (Å²) in [7, 11) is 1.48. The zero-order chi connectivity index (χ0) is 26.1. The van der Waals surface area contributed by atoms with Crippen LogP contribution < -0.4 is 25.4 Å². The number of ether oxygens (including phenoxy) is 3. The van der Waals surface area contributed by atoms with Crippen LogP contribution in [0, 0.1) is 0 Å². The van der Waals surface area contributed by atoms with Gasteiger partial charge in [-0.1, -0.05) is 49.7 Å². The quantitative estimate of drug-likeness (QED) is 0.407. The summed E-state index contributed by atoms with van der Waals surface area (Å²) < 4.78 is 16.5. The zero-order valence-corrected chi connectivity index (χ0v) is 21.1. The monoisotopic (exact) mass is 495 g/mol. The number of hydrogen-bond donors (Lipinski definition) is 3. The van der Waals surface area contributed by atoms with E-state index < -0.39 is 18.0 Å². The van der Waals surface area contributed by atoms with Crippen molar-refractivity contribution < 1.29 is 28.6 Å². The summed E-state index contributed by atoms with van der Waals surface area (Å²) in [5.74, 6) is -0.0503. The predicted octanol–water partition coefficient (Wildman–Crippen LogP) is 3.92. The van der Waals surface area contributed by atoms with E-state index in [4.69, 9.17) is 14.2 Å². The van der Waals surface area contributed by atoms with Crippen molar-refractivity contribution in [3.8, 4) is 11.5 Å². The van der Waals surface area contributed by atoms with Crippen molar-refractivity contribution in [2.75, 3.05) is 20.3 Å². The van der Waals surface area contributed by atoms with Crippen LogP contribution in [0.2, 0.25) is 0 Å². The summed E-state index contributed by atoms with van der Waals surface area (Å²) in [5, 5.41) is 8.44. The Balaban J connectivity index is 1.78. The molecule has 0 fully saturated rings. The molecule has 2 atom stereocenters. The van der Waals surface area contributed by atoms with Crippen molar-refractivity contribution in [2.24, 2.45) is 0 Å². The second-order valence-corrected chi connectivity index (χ2v) is 8.29. The molecule has 1 heterocycles. The topological polar surface area (TPSA) is 115 Å². The van der Waals surface area contributed by atoms with Crippen molar-refractivity contribution in [3.63, 3.8) is 0 Å². The fourth-order valence-corrected chi connectivity index (χ4v) is 4.00. The standard InChI is InChI=1S/C27H33N3O6/c1-5-10-20-24(26(32)35-6-2)25(30-27(33)29-20)19-13-14-21(22(15-19)34-4)36-16-23(31)28-17(3)18-11-8-7-9-12-18/h7-9,11-15,17,25H,5-6,10,16H2,1-4H3,(H,28,31)(H2,29,30,33)/t17-,25+/m0/s1. The van der Waals surface area contributed by atoms with Gasteiger partial charge in [0.15, 0.2) is 18.1 Å². The maximum Gasteiger partial charge on any atom is 0.338 e. The summed E-state index contributed by atoms with van der Waals surface area (Å²) in [6.45, 7) is 5.60. The average molecular weight is 496 g/mol. The van der Waals surface area contributed by atoms with Gasteiger partial charge in [0.2, 0.25) is 0 Å². The van der Waals surface area contributed by atoms with Crippen LogP contribution in [0.25, 0.3) is 0 Å². The fraction of sp³-hybridized carbons (Fsp3) is 0.370. The van der Waals surface area contributed by atoms with E-state index >= 15 is 0 Å². The van der Waals surface area contributed by atoms with Gasteiger partial charge in [-0.05, 0) is 43.5 Å². The summed E-state index contributed by atoms with van der Waals surface area (Å²) in [6.07, 6.45) is 1.26. The molecule has 2 aromatic carbocycles. The zero-order valence-electron chi connectivity index (χ0n) is 21.1. The largest absolute Gasteiger partial charge is 0.493 e. The van der Waals surface area contributed by atoms with Gasteiger partial charge in [-0.25, -0.2) is 9.59 Å². The van der Waals surface area contributed by atoms with Gasteiger partial charge < -0.3 is 30.2 Å². The summed E-state index contributed by atoms with van der Waals surface area (Å²) in [6, 6.07) is 13.4. The molecule has 2 aromatic rings. The number of carbonyl (C=O) groups is 3. The highest BCUT2D eigenvalue weighted by Crippen LogP contribution is 2.35. The molecule has 192 valence electrons. The van der Waals surface area contributed by atoms with Crippen LogP contribution in [0.15, 0.2) is 59.8 Å². The number of urea groups is 1. The molecular weight excluding hydrogens is 462 g/mol. The highest BCUT2D eigenvalue weighted by Gasteiger charge is 2.33. The third kappa shape index (κ3) is 6.56. The van der Waals surface area contributed by atoms with Gasteiger partial charge in [-0.3, -0.25) is 4.79 Å². The molecule has 0 aromatic heterocycles. The Morgan fingerprint density at radius 3 is 2.50 bits per heavy atom. The Bertz CT molecular complexity index is 1120. The molecule has 0 bridgehead atoms. The number of carbonyl (C=O) groups excluding carboxylic acids is 3. The van der Waals surface area contributed by atoms with Gasteiger partial charge >= 0.3 is 12.0 Å². The molecular formula is C27H33N3O6. The Labute approximate surface area is 211 Å². The minimum Gasteiger partial charge on any atom is -0.493 e. The summed E-state index contributed by atoms with van der Waals surface area (Å²) >= 11 is 0. The smallest absolute Gasteiger partial charge is 0.338 e. The summed E-state index contributed by atoms with van der Waals surface area (Å²) in [4.78, 5) is 37.6. The van der Waals surface area contributed by atoms with E-state index in [-0.39, 0.29) is 25.2 Å². The van der Waals surface area contributed by atoms with E-state index in [1.165, 1.54) is 7.11 Å². The number of rotatable bonds is 11. The molecule has 36 heavy (non-hydrogen) atoms. The molecule has 3 amide bonds. The summed E-state index contributed by atoms with van der Waals surface area (Å²) in [5.41, 5.74) is 2.49. The van der Waals surface area contributed by atoms with Crippen molar-refractivity contribution in [1.82, 2.24) is 16.0 Å². The van der Waals surface area contributed by atoms with Crippen LogP contribution in [0.1, 0.15) is 56.8 Å². The molecule has 0 spiro atoms. The van der Waals surface area contributed by atoms with Crippen LogP contribution in [-0.2, 0) is 14.3 Å². The molecule has 1 aliphatic heterocycles. The lowest BCUT2D eigenvalue weighted by atomic mass is 9.93. The predicted molar refractivity (Wildman–Crippen MR) is 134 cm³/mol. The fourth-order valence-electron chi connectivity index (χ4n) is 4.00. The van der Waals surface area contributed by atoms with Crippen molar-refractivity contribution in [2.45, 2.75) is 45.7 Å². The van der Waals surface area contributed by atoms with Gasteiger partial charge in [0.1, 0.15) is 0 Å². The first kappa shape index (κ1) is 26.6. The van der Waals surface area contributed by atoms with Crippen LogP contribution in [0.5, 0.6) is 11.5 Å². The van der Waals surface area contributed by atoms with E-state index in [1.54, 1.807) is 25.1 Å². The van der Waals surface area contributed by atoms with E-state index in [1.807, 2.05) is 44.2 Å². The molecule has 0 aliphatic carbocycles. The first-order valence-corrected chi connectivity index (χ1v) is 12.0. The Hall–Kier alpha value is -4.01. The van der Waals surface area contributed by atoms with E-state index in [2.05, 4.69) is 16.0 Å². The van der Waals surface area contributed by atoms with Gasteiger partial charge in [-0.2, -0.15) is 0 Å². The minimum absolute atomic E-state index is 0.166. The van der Waals surface area contributed by atoms with Gasteiger partial charge in [0, 0.05) is 5.70 Å². The Morgan fingerprint density at radius 1 is 1.08 bits per heavy atom. The van der Waals surface area contributed by atoms with Gasteiger partial charge in [0.05, 0.1) is 31.4 Å². The SMILES string of the molecule is CCCC1=C(C(=O)OCC)[C@@H](c2ccc(OCC(=O)N[C@@H](C)c3ccccc3)c(OC)c2)NC(=O)N1. The molecule has 1 aliphatic rings. The number of methoxy groups -OCH3 is 1. The molecule has 3 rings (SSSR count). The first-order chi connectivity index (χ1) is 17.4. The molecule has 9 heteroatoms. The van der Waals surface area contributed by atoms with Crippen molar-refractivity contribution >= 4 is 17.9 Å². The second kappa shape index (κ2) is 12.6. The number of amides is 3. The number of esters is 1. The lowest BCUT2D eigenvalue weighted by molar-refractivity contribution is -0.139. The van der Waals surface area contributed by atoms with E-state index in [0.717, 1.165) is 12.0 Å². The highest BCUT2D eigenvalue weighted by molar-refractivity contribution is 5.95. The van der Waals surface area contributed by atoms with Crippen molar-refractivity contribution in [3.05, 3.63) is 70.9 Å². The Morgan fingerprint density at radius 2 is 1.83 bits per heavy atom. The van der Waals surface area contributed by atoms with Crippen LogP contribution in [-0.4, -0.2) is 38.2 Å². The lowest BCUT2D eigenvalue weighted by Gasteiger charge is -2.29. The lowest BCUT2D eigenvalue weighted by Crippen LogP contribution is -2.46. The number of benzene rings is 2. The minimum atomic E-state index is -0.725. The van der Waals surface area contributed by atoms with Crippen LogP contribution >= 0.6 is 0 Å². The highest BCUT2D eigenvalue weighted by atomic mass is 16.5. The third-order valence-electron chi connectivity index (χ3n) is 5.71. The number of allylic oxidation sites excluding steroid dienone is 1. The van der Waals surface area contributed by atoms with Crippen LogP contribution in [0.3, 0.4) is 0 Å². The number of hydrogen-bond acceptors (Lipinski definition) is 6. The molecule has 0 saturated heterocycles. The van der Waals surface area contributed by atoms with Crippen LogP contribution in [0.4, 0.5) is 4.79 Å². The second-order valence-electron chi connectivity index (χ2n) is 8.29. The molecule has 0 saturated carbocycles. The molecule has 0 radical (unpaired) electrons. The maximum atomic E-state index is 12.8. The molecule has 3 N–H and O–H groups in total. The van der Waals surface area contributed by atoms with E-state index in [9.17, 15) is 14.4 Å².